The van der Waals surface area contributed by atoms with Crippen molar-refractivity contribution in [3.8, 4) is 0 Å². The van der Waals surface area contributed by atoms with Crippen molar-refractivity contribution in [2.45, 2.75) is 63.9 Å². The van der Waals surface area contributed by atoms with Gasteiger partial charge in [-0.3, -0.25) is 4.99 Å². The zero-order chi connectivity index (χ0) is 16.9. The van der Waals surface area contributed by atoms with Gasteiger partial charge in [0.05, 0.1) is 12.2 Å². The fourth-order valence-corrected chi connectivity index (χ4v) is 4.55. The second-order valence-electron chi connectivity index (χ2n) is 7.97. The van der Waals surface area contributed by atoms with E-state index in [1.54, 1.807) is 0 Å². The molecule has 1 saturated carbocycles. The molecular formula is C19H35N3O2. The lowest BCUT2D eigenvalue weighted by Gasteiger charge is -2.38. The molecule has 0 aromatic rings. The molecule has 1 unspecified atom stereocenters. The van der Waals surface area contributed by atoms with Gasteiger partial charge in [-0.15, -0.1) is 0 Å². The summed E-state index contributed by atoms with van der Waals surface area (Å²) in [6.07, 6.45) is 9.78. The number of rotatable bonds is 5. The Hall–Kier alpha value is -0.810. The van der Waals surface area contributed by atoms with Crippen LogP contribution in [0.15, 0.2) is 4.99 Å². The Kier molecular flexibility index (Phi) is 6.03. The summed E-state index contributed by atoms with van der Waals surface area (Å²) in [4.78, 5) is 6.98. The number of nitrogens with one attached hydrogen (secondary N) is 1. The third kappa shape index (κ3) is 4.05. The first-order chi connectivity index (χ1) is 11.7. The number of likely N-dealkylation sites (tertiary alicyclic amines) is 1. The number of hydrogen-bond acceptors (Lipinski definition) is 3. The van der Waals surface area contributed by atoms with Crippen LogP contribution in [0.5, 0.6) is 0 Å². The summed E-state index contributed by atoms with van der Waals surface area (Å²) in [6, 6.07) is 0. The zero-order valence-electron chi connectivity index (χ0n) is 15.6. The SMILES string of the molecule is CCCOC1(CNC(=NC)N2CCC3(CCOC3)C2)CCCCC1. The Bertz CT molecular complexity index is 426. The van der Waals surface area contributed by atoms with Crippen molar-refractivity contribution in [2.75, 3.05) is 46.5 Å². The van der Waals surface area contributed by atoms with Gasteiger partial charge < -0.3 is 19.7 Å². The molecule has 2 saturated heterocycles. The minimum Gasteiger partial charge on any atom is -0.381 e. The number of aliphatic imine (C=N–C) groups is 1. The molecule has 3 aliphatic rings. The van der Waals surface area contributed by atoms with Crippen LogP contribution in [0.2, 0.25) is 0 Å². The lowest BCUT2D eigenvalue weighted by molar-refractivity contribution is -0.0659. The quantitative estimate of drug-likeness (QED) is 0.619. The molecule has 0 radical (unpaired) electrons. The molecule has 0 aromatic carbocycles. The number of guanidine groups is 1. The van der Waals surface area contributed by atoms with E-state index in [0.29, 0.717) is 5.41 Å². The van der Waals surface area contributed by atoms with Gasteiger partial charge >= 0.3 is 0 Å². The first kappa shape index (κ1) is 18.0. The summed E-state index contributed by atoms with van der Waals surface area (Å²) >= 11 is 0. The highest BCUT2D eigenvalue weighted by Crippen LogP contribution is 2.38. The standard InChI is InChI=1S/C19H35N3O2/c1-3-12-24-19(7-5-4-6-8-19)14-21-17(20-2)22-11-9-18(15-22)10-13-23-16-18/h3-16H2,1-2H3,(H,20,21). The second-order valence-corrected chi connectivity index (χ2v) is 7.97. The summed E-state index contributed by atoms with van der Waals surface area (Å²) in [7, 11) is 1.90. The molecule has 1 spiro atoms. The largest absolute Gasteiger partial charge is 0.381 e. The summed E-state index contributed by atoms with van der Waals surface area (Å²) in [5.74, 6) is 1.05. The van der Waals surface area contributed by atoms with E-state index in [0.717, 1.165) is 51.8 Å². The van der Waals surface area contributed by atoms with E-state index in [4.69, 9.17) is 9.47 Å². The Morgan fingerprint density at radius 1 is 1.21 bits per heavy atom. The van der Waals surface area contributed by atoms with Crippen LogP contribution < -0.4 is 5.32 Å². The van der Waals surface area contributed by atoms with Crippen molar-refractivity contribution in [1.82, 2.24) is 10.2 Å². The van der Waals surface area contributed by atoms with Crippen LogP contribution in [-0.2, 0) is 9.47 Å². The van der Waals surface area contributed by atoms with E-state index < -0.39 is 0 Å². The van der Waals surface area contributed by atoms with Gasteiger partial charge in [-0.25, -0.2) is 0 Å². The van der Waals surface area contributed by atoms with Gasteiger partial charge in [0.1, 0.15) is 0 Å². The van der Waals surface area contributed by atoms with Crippen molar-refractivity contribution >= 4 is 5.96 Å². The maximum absolute atomic E-state index is 6.31. The molecule has 2 heterocycles. The molecule has 0 aromatic heterocycles. The molecule has 1 N–H and O–H groups in total. The average molecular weight is 338 g/mol. The van der Waals surface area contributed by atoms with Crippen LogP contribution in [0.3, 0.4) is 0 Å². The van der Waals surface area contributed by atoms with Gasteiger partial charge in [0.2, 0.25) is 0 Å². The van der Waals surface area contributed by atoms with E-state index in [1.165, 1.54) is 44.9 Å². The molecule has 24 heavy (non-hydrogen) atoms. The van der Waals surface area contributed by atoms with Gasteiger partial charge in [-0.2, -0.15) is 0 Å². The van der Waals surface area contributed by atoms with Crippen molar-refractivity contribution in [1.29, 1.82) is 0 Å². The highest BCUT2D eigenvalue weighted by Gasteiger charge is 2.42. The highest BCUT2D eigenvalue weighted by molar-refractivity contribution is 5.80. The molecule has 3 rings (SSSR count). The Morgan fingerprint density at radius 3 is 2.71 bits per heavy atom. The predicted molar refractivity (Wildman–Crippen MR) is 97.5 cm³/mol. The maximum atomic E-state index is 6.31. The second kappa shape index (κ2) is 8.05. The van der Waals surface area contributed by atoms with Crippen LogP contribution in [-0.4, -0.2) is 63.0 Å². The third-order valence-electron chi connectivity index (χ3n) is 6.08. The van der Waals surface area contributed by atoms with E-state index >= 15 is 0 Å². The fraction of sp³-hybridized carbons (Fsp3) is 0.947. The topological polar surface area (TPSA) is 46.1 Å². The summed E-state index contributed by atoms with van der Waals surface area (Å²) in [6.45, 7) is 7.96. The lowest BCUT2D eigenvalue weighted by atomic mass is 9.84. The average Bonchev–Trinajstić information content (AvgIpc) is 3.25. The minimum atomic E-state index is 0.0120. The fourth-order valence-electron chi connectivity index (χ4n) is 4.55. The van der Waals surface area contributed by atoms with Crippen molar-refractivity contribution in [3.63, 3.8) is 0 Å². The first-order valence-electron chi connectivity index (χ1n) is 9.88. The van der Waals surface area contributed by atoms with E-state index in [2.05, 4.69) is 22.1 Å². The van der Waals surface area contributed by atoms with Crippen LogP contribution in [0.1, 0.15) is 58.3 Å². The van der Waals surface area contributed by atoms with E-state index in [9.17, 15) is 0 Å². The number of ether oxygens (including phenoxy) is 2. The van der Waals surface area contributed by atoms with E-state index in [1.807, 2.05) is 7.05 Å². The van der Waals surface area contributed by atoms with Gasteiger partial charge in [0.15, 0.2) is 5.96 Å². The smallest absolute Gasteiger partial charge is 0.193 e. The molecule has 0 bridgehead atoms. The summed E-state index contributed by atoms with van der Waals surface area (Å²) in [5, 5.41) is 3.65. The van der Waals surface area contributed by atoms with Crippen LogP contribution in [0.4, 0.5) is 0 Å². The number of hydrogen-bond donors (Lipinski definition) is 1. The van der Waals surface area contributed by atoms with Gasteiger partial charge in [0.25, 0.3) is 0 Å². The van der Waals surface area contributed by atoms with Crippen LogP contribution in [0, 0.1) is 5.41 Å². The molecular weight excluding hydrogens is 302 g/mol. The number of nitrogens with zero attached hydrogens (tertiary/aromatic N) is 2. The van der Waals surface area contributed by atoms with Gasteiger partial charge in [0, 0.05) is 45.3 Å². The molecule has 1 aliphatic carbocycles. The predicted octanol–water partition coefficient (Wildman–Crippen LogP) is 2.80. The van der Waals surface area contributed by atoms with Crippen molar-refractivity contribution in [3.05, 3.63) is 0 Å². The van der Waals surface area contributed by atoms with Crippen LogP contribution in [0.25, 0.3) is 0 Å². The van der Waals surface area contributed by atoms with E-state index in [-0.39, 0.29) is 5.60 Å². The summed E-state index contributed by atoms with van der Waals surface area (Å²) < 4.78 is 12.0. The van der Waals surface area contributed by atoms with Crippen molar-refractivity contribution < 1.29 is 9.47 Å². The molecule has 138 valence electrons. The van der Waals surface area contributed by atoms with Gasteiger partial charge in [-0.1, -0.05) is 26.2 Å². The summed E-state index contributed by atoms with van der Waals surface area (Å²) in [5.41, 5.74) is 0.386. The maximum Gasteiger partial charge on any atom is 0.193 e. The highest BCUT2D eigenvalue weighted by atomic mass is 16.5. The molecule has 3 fully saturated rings. The molecule has 5 nitrogen and oxygen atoms in total. The Morgan fingerprint density at radius 2 is 2.04 bits per heavy atom. The first-order valence-corrected chi connectivity index (χ1v) is 9.88. The van der Waals surface area contributed by atoms with Crippen LogP contribution >= 0.6 is 0 Å². The lowest BCUT2D eigenvalue weighted by Crippen LogP contribution is -2.50. The minimum absolute atomic E-state index is 0.0120. The molecule has 1 atom stereocenters. The Labute approximate surface area is 147 Å². The third-order valence-corrected chi connectivity index (χ3v) is 6.08. The monoisotopic (exact) mass is 337 g/mol. The van der Waals surface area contributed by atoms with Crippen molar-refractivity contribution in [2.24, 2.45) is 10.4 Å². The molecule has 5 heteroatoms. The zero-order valence-corrected chi connectivity index (χ0v) is 15.6. The molecule has 2 aliphatic heterocycles. The van der Waals surface area contributed by atoms with Gasteiger partial charge in [-0.05, 0) is 32.1 Å². The Balaban J connectivity index is 1.56. The normalized spacial score (nSPS) is 30.2. The molecule has 0 amide bonds.